The first-order valence-corrected chi connectivity index (χ1v) is 9.66. The SMILES string of the molecule is CC(C)CC(N)C(=O)O.CCC1(c2cccc(O)c2)CCCCN(C)C1. The molecule has 0 radical (unpaired) electrons. The second-order valence-electron chi connectivity index (χ2n) is 7.95. The number of benzene rings is 1. The molecule has 26 heavy (non-hydrogen) atoms. The van der Waals surface area contributed by atoms with Gasteiger partial charge in [0.15, 0.2) is 0 Å². The second-order valence-corrected chi connectivity index (χ2v) is 7.95. The summed E-state index contributed by atoms with van der Waals surface area (Å²) < 4.78 is 0. The molecule has 2 rings (SSSR count). The van der Waals surface area contributed by atoms with Gasteiger partial charge in [0.2, 0.25) is 0 Å². The number of likely N-dealkylation sites (tertiary alicyclic amines) is 1. The monoisotopic (exact) mass is 364 g/mol. The van der Waals surface area contributed by atoms with Gasteiger partial charge in [0.1, 0.15) is 11.8 Å². The molecule has 148 valence electrons. The molecule has 0 aliphatic carbocycles. The number of phenolic OH excluding ortho intramolecular Hbond substituents is 1. The zero-order valence-corrected chi connectivity index (χ0v) is 16.7. The van der Waals surface area contributed by atoms with Crippen LogP contribution in [-0.2, 0) is 10.2 Å². The summed E-state index contributed by atoms with van der Waals surface area (Å²) in [7, 11) is 2.21. The van der Waals surface area contributed by atoms with Gasteiger partial charge in [-0.1, -0.05) is 39.3 Å². The van der Waals surface area contributed by atoms with E-state index in [2.05, 4.69) is 24.9 Å². The van der Waals surface area contributed by atoms with Gasteiger partial charge in [-0.15, -0.1) is 0 Å². The molecule has 5 nitrogen and oxygen atoms in total. The maximum Gasteiger partial charge on any atom is 0.320 e. The molecule has 1 saturated heterocycles. The van der Waals surface area contributed by atoms with Crippen LogP contribution in [0.25, 0.3) is 0 Å². The standard InChI is InChI=1S/C15H23NO.C6H13NO2/c1-3-15(9-4-5-10-16(2)12-15)13-7-6-8-14(17)11-13;1-4(2)3-5(7)6(8)9/h6-8,11,17H,3-5,9-10,12H2,1-2H3;4-5H,3,7H2,1-2H3,(H,8,9). The summed E-state index contributed by atoms with van der Waals surface area (Å²) in [4.78, 5) is 12.5. The summed E-state index contributed by atoms with van der Waals surface area (Å²) in [6, 6.07) is 7.15. The number of hydrogen-bond acceptors (Lipinski definition) is 4. The molecule has 1 aromatic rings. The van der Waals surface area contributed by atoms with Gasteiger partial charge in [-0.2, -0.15) is 0 Å². The van der Waals surface area contributed by atoms with Gasteiger partial charge in [0, 0.05) is 12.0 Å². The number of aliphatic carboxylic acids is 1. The molecular weight excluding hydrogens is 328 g/mol. The molecule has 5 heteroatoms. The number of nitrogens with zero attached hydrogens (tertiary/aromatic N) is 1. The normalized spacial score (nSPS) is 22.2. The molecule has 1 aliphatic rings. The Morgan fingerprint density at radius 2 is 2.04 bits per heavy atom. The molecule has 2 atom stereocenters. The highest BCUT2D eigenvalue weighted by Crippen LogP contribution is 2.37. The Hall–Kier alpha value is -1.59. The van der Waals surface area contributed by atoms with Crippen molar-refractivity contribution in [2.24, 2.45) is 11.7 Å². The minimum Gasteiger partial charge on any atom is -0.508 e. The van der Waals surface area contributed by atoms with E-state index in [4.69, 9.17) is 10.8 Å². The van der Waals surface area contributed by atoms with Gasteiger partial charge in [0.25, 0.3) is 0 Å². The van der Waals surface area contributed by atoms with E-state index in [-0.39, 0.29) is 5.41 Å². The highest BCUT2D eigenvalue weighted by atomic mass is 16.4. The third-order valence-electron chi connectivity index (χ3n) is 5.20. The van der Waals surface area contributed by atoms with Crippen LogP contribution in [0.1, 0.15) is 58.4 Å². The molecule has 0 amide bonds. The molecule has 0 aromatic heterocycles. The number of aromatic hydroxyl groups is 1. The molecule has 0 saturated carbocycles. The predicted octanol–water partition coefficient (Wildman–Crippen LogP) is 3.60. The molecule has 0 spiro atoms. The number of carboxylic acid groups (broad SMARTS) is 1. The van der Waals surface area contributed by atoms with Crippen LogP contribution < -0.4 is 5.73 Å². The minimum atomic E-state index is -0.913. The van der Waals surface area contributed by atoms with Gasteiger partial charge in [-0.05, 0) is 62.9 Å². The van der Waals surface area contributed by atoms with Crippen LogP contribution in [0.4, 0.5) is 0 Å². The summed E-state index contributed by atoms with van der Waals surface area (Å²) in [5.41, 5.74) is 6.74. The third kappa shape index (κ3) is 6.96. The van der Waals surface area contributed by atoms with E-state index in [1.807, 2.05) is 26.0 Å². The zero-order valence-electron chi connectivity index (χ0n) is 16.7. The number of carboxylic acids is 1. The van der Waals surface area contributed by atoms with Crippen molar-refractivity contribution in [1.82, 2.24) is 4.90 Å². The first-order chi connectivity index (χ1) is 12.2. The average molecular weight is 365 g/mol. The summed E-state index contributed by atoms with van der Waals surface area (Å²) in [5, 5.41) is 18.0. The maximum atomic E-state index is 10.1. The Kier molecular flexibility index (Phi) is 9.09. The smallest absolute Gasteiger partial charge is 0.320 e. The van der Waals surface area contributed by atoms with Crippen LogP contribution in [-0.4, -0.2) is 47.3 Å². The van der Waals surface area contributed by atoms with E-state index in [1.165, 1.54) is 31.4 Å². The van der Waals surface area contributed by atoms with E-state index >= 15 is 0 Å². The van der Waals surface area contributed by atoms with Crippen molar-refractivity contribution in [2.75, 3.05) is 20.1 Å². The highest BCUT2D eigenvalue weighted by Gasteiger charge is 2.33. The molecule has 1 aliphatic heterocycles. The van der Waals surface area contributed by atoms with Gasteiger partial charge in [0.05, 0.1) is 0 Å². The minimum absolute atomic E-state index is 0.226. The lowest BCUT2D eigenvalue weighted by Gasteiger charge is -2.35. The molecule has 1 aromatic carbocycles. The molecule has 2 unspecified atom stereocenters. The third-order valence-corrected chi connectivity index (χ3v) is 5.20. The quantitative estimate of drug-likeness (QED) is 0.743. The Morgan fingerprint density at radius 3 is 2.54 bits per heavy atom. The Morgan fingerprint density at radius 1 is 1.35 bits per heavy atom. The molecule has 4 N–H and O–H groups in total. The summed E-state index contributed by atoms with van der Waals surface area (Å²) in [5.74, 6) is -0.165. The lowest BCUT2D eigenvalue weighted by atomic mass is 9.74. The zero-order chi connectivity index (χ0) is 19.7. The van der Waals surface area contributed by atoms with Gasteiger partial charge < -0.3 is 20.8 Å². The number of nitrogens with two attached hydrogens (primary N) is 1. The number of phenols is 1. The van der Waals surface area contributed by atoms with E-state index in [0.29, 0.717) is 18.1 Å². The fourth-order valence-corrected chi connectivity index (χ4v) is 3.69. The van der Waals surface area contributed by atoms with Crippen molar-refractivity contribution in [2.45, 2.75) is 64.3 Å². The fourth-order valence-electron chi connectivity index (χ4n) is 3.69. The van der Waals surface area contributed by atoms with Crippen LogP contribution in [0, 0.1) is 5.92 Å². The first-order valence-electron chi connectivity index (χ1n) is 9.66. The highest BCUT2D eigenvalue weighted by molar-refractivity contribution is 5.72. The number of rotatable bonds is 5. The van der Waals surface area contributed by atoms with Crippen LogP contribution in [0.2, 0.25) is 0 Å². The average Bonchev–Trinajstić information content (AvgIpc) is 2.77. The predicted molar refractivity (Wildman–Crippen MR) is 106 cm³/mol. The topological polar surface area (TPSA) is 86.8 Å². The summed E-state index contributed by atoms with van der Waals surface area (Å²) >= 11 is 0. The molecule has 1 fully saturated rings. The van der Waals surface area contributed by atoms with Crippen molar-refractivity contribution >= 4 is 5.97 Å². The van der Waals surface area contributed by atoms with Crippen LogP contribution in [0.3, 0.4) is 0 Å². The van der Waals surface area contributed by atoms with Gasteiger partial charge >= 0.3 is 5.97 Å². The van der Waals surface area contributed by atoms with Gasteiger partial charge in [-0.3, -0.25) is 4.79 Å². The van der Waals surface area contributed by atoms with Crippen molar-refractivity contribution in [1.29, 1.82) is 0 Å². The number of likely N-dealkylation sites (N-methyl/N-ethyl adjacent to an activating group) is 1. The summed E-state index contributed by atoms with van der Waals surface area (Å²) in [6.45, 7) is 8.46. The molecular formula is C21H36N2O3. The van der Waals surface area contributed by atoms with E-state index in [0.717, 1.165) is 13.0 Å². The first kappa shape index (κ1) is 22.5. The lowest BCUT2D eigenvalue weighted by Crippen LogP contribution is -2.37. The number of carbonyl (C=O) groups is 1. The number of hydrogen-bond donors (Lipinski definition) is 3. The van der Waals surface area contributed by atoms with Crippen molar-refractivity contribution in [3.05, 3.63) is 29.8 Å². The largest absolute Gasteiger partial charge is 0.508 e. The van der Waals surface area contributed by atoms with Gasteiger partial charge in [-0.25, -0.2) is 0 Å². The summed E-state index contributed by atoms with van der Waals surface area (Å²) in [6.07, 6.45) is 5.50. The van der Waals surface area contributed by atoms with Crippen LogP contribution in [0.5, 0.6) is 5.75 Å². The lowest BCUT2D eigenvalue weighted by molar-refractivity contribution is -0.138. The fraction of sp³-hybridized carbons (Fsp3) is 0.667. The second kappa shape index (κ2) is 10.5. The Balaban J connectivity index is 0.000000321. The van der Waals surface area contributed by atoms with Crippen molar-refractivity contribution in [3.63, 3.8) is 0 Å². The maximum absolute atomic E-state index is 10.1. The van der Waals surface area contributed by atoms with Crippen molar-refractivity contribution in [3.8, 4) is 5.75 Å². The van der Waals surface area contributed by atoms with Crippen LogP contribution in [0.15, 0.2) is 24.3 Å². The van der Waals surface area contributed by atoms with E-state index in [9.17, 15) is 9.90 Å². The van der Waals surface area contributed by atoms with Crippen molar-refractivity contribution < 1.29 is 15.0 Å². The van der Waals surface area contributed by atoms with Crippen LogP contribution >= 0.6 is 0 Å². The Labute approximate surface area is 158 Å². The van der Waals surface area contributed by atoms with E-state index < -0.39 is 12.0 Å². The Bertz CT molecular complexity index is 562. The molecule has 0 bridgehead atoms. The van der Waals surface area contributed by atoms with E-state index in [1.54, 1.807) is 6.07 Å². The molecule has 1 heterocycles.